The van der Waals surface area contributed by atoms with E-state index in [9.17, 15) is 24.3 Å². The van der Waals surface area contributed by atoms with Crippen molar-refractivity contribution in [2.24, 2.45) is 0 Å². The van der Waals surface area contributed by atoms with Gasteiger partial charge in [-0.1, -0.05) is 25.1 Å². The van der Waals surface area contributed by atoms with Crippen molar-refractivity contribution in [1.29, 1.82) is 0 Å². The smallest absolute Gasteiger partial charge is 0.265 e. The summed E-state index contributed by atoms with van der Waals surface area (Å²) in [6, 6.07) is 14.1. The van der Waals surface area contributed by atoms with E-state index in [0.717, 1.165) is 9.80 Å². The quantitative estimate of drug-likeness (QED) is 0.663. The predicted octanol–water partition coefficient (Wildman–Crippen LogP) is 3.01. The van der Waals surface area contributed by atoms with Gasteiger partial charge in [0.2, 0.25) is 0 Å². The van der Waals surface area contributed by atoms with Gasteiger partial charge in [0.05, 0.1) is 18.3 Å². The summed E-state index contributed by atoms with van der Waals surface area (Å²) in [5, 5.41) is 10.3. The zero-order chi connectivity index (χ0) is 21.9. The maximum atomic E-state index is 13.3. The molecule has 31 heavy (non-hydrogen) atoms. The topological polar surface area (TPSA) is 95.0 Å². The van der Waals surface area contributed by atoms with Gasteiger partial charge in [0.1, 0.15) is 0 Å². The van der Waals surface area contributed by atoms with Crippen LogP contribution in [0.1, 0.15) is 54.8 Å². The summed E-state index contributed by atoms with van der Waals surface area (Å²) in [4.78, 5) is 55.0. The molecule has 3 aromatic rings. The Morgan fingerprint density at radius 3 is 1.58 bits per heavy atom. The molecule has 0 saturated carbocycles. The zero-order valence-electron chi connectivity index (χ0n) is 16.7. The van der Waals surface area contributed by atoms with Crippen molar-refractivity contribution in [1.82, 2.24) is 4.90 Å². The average Bonchev–Trinajstić information content (AvgIpc) is 2.79. The van der Waals surface area contributed by atoms with E-state index in [0.29, 0.717) is 22.9 Å². The van der Waals surface area contributed by atoms with Crippen LogP contribution < -0.4 is 4.90 Å². The zero-order valence-corrected chi connectivity index (χ0v) is 16.7. The Morgan fingerprint density at radius 1 is 0.710 bits per heavy atom. The molecule has 1 N–H and O–H groups in total. The van der Waals surface area contributed by atoms with E-state index in [1.807, 2.05) is 0 Å². The summed E-state index contributed by atoms with van der Waals surface area (Å²) in [7, 11) is 0. The van der Waals surface area contributed by atoms with Gasteiger partial charge in [-0.2, -0.15) is 0 Å². The molecule has 3 aromatic carbocycles. The van der Waals surface area contributed by atoms with Gasteiger partial charge in [-0.25, -0.2) is 4.90 Å². The standard InChI is InChI=1S/C24H18N2O5/c1-2-13(12-27)25-21(28)15-8-10-17-20-18(11-9-16(19(15)20)22(25)29)24(31)26(23(17)30)14-6-4-3-5-7-14/h3-11,13,27H,2,12H2,1H3. The number of carbonyl (C=O) groups is 4. The largest absolute Gasteiger partial charge is 0.394 e. The van der Waals surface area contributed by atoms with E-state index in [1.165, 1.54) is 24.3 Å². The van der Waals surface area contributed by atoms with Crippen molar-refractivity contribution < 1.29 is 24.3 Å². The molecule has 154 valence electrons. The summed E-state index contributed by atoms with van der Waals surface area (Å²) in [5.41, 5.74) is 1.47. The van der Waals surface area contributed by atoms with Gasteiger partial charge in [0, 0.05) is 33.0 Å². The van der Waals surface area contributed by atoms with Gasteiger partial charge in [-0.05, 0) is 42.8 Å². The number of aliphatic hydroxyl groups excluding tert-OH is 1. The Balaban J connectivity index is 1.75. The normalized spacial score (nSPS) is 16.3. The van der Waals surface area contributed by atoms with Crippen molar-refractivity contribution in [3.05, 3.63) is 76.9 Å². The molecule has 1 unspecified atom stereocenters. The molecular weight excluding hydrogens is 396 g/mol. The minimum absolute atomic E-state index is 0.246. The average molecular weight is 414 g/mol. The molecule has 0 saturated heterocycles. The lowest BCUT2D eigenvalue weighted by Crippen LogP contribution is -2.49. The van der Waals surface area contributed by atoms with Crippen LogP contribution in [0.4, 0.5) is 5.69 Å². The number of carbonyl (C=O) groups excluding carboxylic acids is 4. The Morgan fingerprint density at radius 2 is 1.16 bits per heavy atom. The highest BCUT2D eigenvalue weighted by Crippen LogP contribution is 2.39. The molecule has 0 fully saturated rings. The molecule has 5 rings (SSSR count). The molecule has 4 amide bonds. The Labute approximate surface area is 177 Å². The monoisotopic (exact) mass is 414 g/mol. The molecule has 2 heterocycles. The van der Waals surface area contributed by atoms with E-state index in [4.69, 9.17) is 0 Å². The first kappa shape index (κ1) is 19.1. The molecule has 0 radical (unpaired) electrons. The summed E-state index contributed by atoms with van der Waals surface area (Å²) < 4.78 is 0. The number of aliphatic hydroxyl groups is 1. The minimum atomic E-state index is -0.646. The third-order valence-corrected chi connectivity index (χ3v) is 5.99. The molecule has 1 atom stereocenters. The van der Waals surface area contributed by atoms with Crippen LogP contribution in [0.25, 0.3) is 10.8 Å². The van der Waals surface area contributed by atoms with Crippen LogP contribution in [0.5, 0.6) is 0 Å². The maximum absolute atomic E-state index is 13.3. The number of nitrogens with zero attached hydrogens (tertiary/aromatic N) is 2. The SMILES string of the molecule is CCC(CO)N1C(=O)c2ccc3c4c(ccc(c24)C1=O)C(=O)N(c1ccccc1)C3=O. The maximum Gasteiger partial charge on any atom is 0.265 e. The van der Waals surface area contributed by atoms with Gasteiger partial charge >= 0.3 is 0 Å². The predicted molar refractivity (Wildman–Crippen MR) is 113 cm³/mol. The number of rotatable bonds is 4. The molecular formula is C24H18N2O5. The van der Waals surface area contributed by atoms with Crippen LogP contribution in [0.2, 0.25) is 0 Å². The van der Waals surface area contributed by atoms with Crippen LogP contribution in [-0.2, 0) is 0 Å². The van der Waals surface area contributed by atoms with Crippen molar-refractivity contribution in [2.45, 2.75) is 19.4 Å². The van der Waals surface area contributed by atoms with Gasteiger partial charge in [0.25, 0.3) is 23.6 Å². The lowest BCUT2D eigenvalue weighted by atomic mass is 9.85. The molecule has 0 aliphatic carbocycles. The number of para-hydroxylation sites is 1. The third-order valence-electron chi connectivity index (χ3n) is 5.99. The first-order valence-corrected chi connectivity index (χ1v) is 10.0. The molecule has 7 heteroatoms. The van der Waals surface area contributed by atoms with Crippen molar-refractivity contribution in [3.8, 4) is 0 Å². The van der Waals surface area contributed by atoms with E-state index >= 15 is 0 Å². The van der Waals surface area contributed by atoms with Crippen molar-refractivity contribution in [3.63, 3.8) is 0 Å². The third kappa shape index (κ3) is 2.50. The first-order chi connectivity index (χ1) is 15.0. The Bertz CT molecular complexity index is 1220. The van der Waals surface area contributed by atoms with E-state index in [2.05, 4.69) is 0 Å². The minimum Gasteiger partial charge on any atom is -0.394 e. The van der Waals surface area contributed by atoms with E-state index < -0.39 is 29.7 Å². The first-order valence-electron chi connectivity index (χ1n) is 10.0. The highest BCUT2D eigenvalue weighted by Gasteiger charge is 2.41. The molecule has 2 aliphatic rings. The molecule has 0 spiro atoms. The number of benzene rings is 3. The van der Waals surface area contributed by atoms with Gasteiger partial charge in [-0.3, -0.25) is 24.1 Å². The fourth-order valence-corrected chi connectivity index (χ4v) is 4.43. The fourth-order valence-electron chi connectivity index (χ4n) is 4.43. The number of hydrogen-bond donors (Lipinski definition) is 1. The second-order valence-electron chi connectivity index (χ2n) is 7.58. The summed E-state index contributed by atoms with van der Waals surface area (Å²) >= 11 is 0. The second-order valence-corrected chi connectivity index (χ2v) is 7.58. The van der Waals surface area contributed by atoms with Crippen LogP contribution >= 0.6 is 0 Å². The number of hydrogen-bond acceptors (Lipinski definition) is 5. The molecule has 2 aliphatic heterocycles. The van der Waals surface area contributed by atoms with Crippen molar-refractivity contribution >= 4 is 40.1 Å². The van der Waals surface area contributed by atoms with Gasteiger partial charge in [0.15, 0.2) is 0 Å². The van der Waals surface area contributed by atoms with Crippen molar-refractivity contribution in [2.75, 3.05) is 11.5 Å². The summed E-state index contributed by atoms with van der Waals surface area (Å²) in [6.45, 7) is 1.44. The number of amides is 4. The van der Waals surface area contributed by atoms with Gasteiger partial charge in [-0.15, -0.1) is 0 Å². The molecule has 7 nitrogen and oxygen atoms in total. The summed E-state index contributed by atoms with van der Waals surface area (Å²) in [6.07, 6.45) is 0.408. The number of imide groups is 2. The Hall–Kier alpha value is -3.84. The summed E-state index contributed by atoms with van der Waals surface area (Å²) in [5.74, 6) is -2.08. The highest BCUT2D eigenvalue weighted by molar-refractivity contribution is 6.39. The Kier molecular flexibility index (Phi) is 4.23. The van der Waals surface area contributed by atoms with E-state index in [-0.39, 0.29) is 28.9 Å². The van der Waals surface area contributed by atoms with Crippen LogP contribution in [0.15, 0.2) is 54.6 Å². The van der Waals surface area contributed by atoms with E-state index in [1.54, 1.807) is 37.3 Å². The van der Waals surface area contributed by atoms with Crippen LogP contribution in [0, 0.1) is 0 Å². The molecule has 0 aromatic heterocycles. The molecule has 0 bridgehead atoms. The highest BCUT2D eigenvalue weighted by atomic mass is 16.3. The lowest BCUT2D eigenvalue weighted by Gasteiger charge is -2.34. The number of anilines is 1. The van der Waals surface area contributed by atoms with Gasteiger partial charge < -0.3 is 5.11 Å². The van der Waals surface area contributed by atoms with Crippen LogP contribution in [0.3, 0.4) is 0 Å². The lowest BCUT2D eigenvalue weighted by molar-refractivity contribution is 0.0465. The fraction of sp³-hybridized carbons (Fsp3) is 0.167. The van der Waals surface area contributed by atoms with Crippen LogP contribution in [-0.4, -0.2) is 46.3 Å². The second kappa shape index (κ2) is 6.85.